The molecule has 0 radical (unpaired) electrons. The van der Waals surface area contributed by atoms with Gasteiger partial charge in [-0.3, -0.25) is 0 Å². The molecule has 2 aromatic carbocycles. The van der Waals surface area contributed by atoms with E-state index in [0.717, 1.165) is 31.5 Å². The zero-order valence-corrected chi connectivity index (χ0v) is 50.5. The Morgan fingerprint density at radius 3 is 0.747 bits per heavy atom. The molecule has 0 saturated carbocycles. The molecule has 0 spiro atoms. The highest BCUT2D eigenvalue weighted by Crippen LogP contribution is 2.22. The van der Waals surface area contributed by atoms with Crippen molar-refractivity contribution in [3.63, 3.8) is 0 Å². The van der Waals surface area contributed by atoms with Gasteiger partial charge in [0.15, 0.2) is 0 Å². The molecule has 0 aromatic heterocycles. The summed E-state index contributed by atoms with van der Waals surface area (Å²) in [5, 5.41) is 2.48. The van der Waals surface area contributed by atoms with E-state index in [-0.39, 0.29) is 0 Å². The molecule has 0 aliphatic rings. The van der Waals surface area contributed by atoms with Gasteiger partial charge < -0.3 is 14.3 Å². The Bertz CT molecular complexity index is 1390. The summed E-state index contributed by atoms with van der Waals surface area (Å²) in [6.45, 7) is 2.15. The Labute approximate surface area is 469 Å². The van der Waals surface area contributed by atoms with Crippen LogP contribution in [0.2, 0.25) is 0 Å². The second-order valence-corrected chi connectivity index (χ2v) is 24.1. The van der Waals surface area contributed by atoms with Crippen LogP contribution in [0, 0.1) is 0 Å². The van der Waals surface area contributed by atoms with Crippen LogP contribution in [0.4, 0.5) is 0 Å². The van der Waals surface area contributed by atoms with Gasteiger partial charge >= 0.3 is 0 Å². The highest BCUT2D eigenvalue weighted by Gasteiger charge is 2.02. The molecule has 436 valence electrons. The van der Waals surface area contributed by atoms with Crippen LogP contribution in [0.15, 0.2) is 42.5 Å². The first kappa shape index (κ1) is 69.2. The van der Waals surface area contributed by atoms with E-state index >= 15 is 0 Å². The number of unbranched alkanes of at least 4 members (excludes halogenated alkanes) is 57. The maximum absolute atomic E-state index is 10.3. The van der Waals surface area contributed by atoms with Crippen molar-refractivity contribution < 1.29 is 14.3 Å². The van der Waals surface area contributed by atoms with E-state index in [1.807, 2.05) is 0 Å². The van der Waals surface area contributed by atoms with Crippen LogP contribution in [-0.2, 0) is 9.53 Å². The normalized spacial score (nSPS) is 11.6. The van der Waals surface area contributed by atoms with Gasteiger partial charge in [0.25, 0.3) is 0 Å². The summed E-state index contributed by atoms with van der Waals surface area (Å²) < 4.78 is 11.7. The molecule has 0 unspecified atom stereocenters. The number of ether oxygens (including phenoxy) is 2. The standard InChI is InChI=1S/C72H130O3/c73-65-59-55-53-51-49-47-45-43-41-39-37-35-33-31-29-27-25-23-21-19-17-15-13-11-9-7-5-3-1-2-4-6-8-10-12-14-16-18-20-22-24-26-28-30-32-34-36-38-40-42-44-46-48-50-52-54-56-60-66-74-67-68-75-72-64-63-70-61-57-58-62-71(70)69-72/h57-58,61-65,69H,1-56,59-60,66-68H2. The Balaban J connectivity index is 1.10. The van der Waals surface area contributed by atoms with Gasteiger partial charge in [0.1, 0.15) is 18.6 Å². The molecule has 0 bridgehead atoms. The predicted octanol–water partition coefficient (Wildman–Crippen LogP) is 25.1. The maximum Gasteiger partial charge on any atom is 0.120 e. The molecule has 0 N–H and O–H groups in total. The van der Waals surface area contributed by atoms with Gasteiger partial charge in [-0.1, -0.05) is 383 Å². The second kappa shape index (κ2) is 59.8. The van der Waals surface area contributed by atoms with Crippen molar-refractivity contribution in [2.45, 2.75) is 372 Å². The minimum Gasteiger partial charge on any atom is -0.491 e. The molecule has 0 saturated heterocycles. The van der Waals surface area contributed by atoms with Crippen LogP contribution in [0.1, 0.15) is 372 Å². The van der Waals surface area contributed by atoms with Gasteiger partial charge in [-0.15, -0.1) is 0 Å². The number of hydrogen-bond donors (Lipinski definition) is 0. The second-order valence-electron chi connectivity index (χ2n) is 24.1. The Hall–Kier alpha value is -1.87. The van der Waals surface area contributed by atoms with Crippen molar-refractivity contribution in [2.24, 2.45) is 0 Å². The van der Waals surface area contributed by atoms with Crippen LogP contribution in [0.25, 0.3) is 10.8 Å². The van der Waals surface area contributed by atoms with Crippen molar-refractivity contribution in [3.05, 3.63) is 42.5 Å². The van der Waals surface area contributed by atoms with E-state index in [1.165, 1.54) is 370 Å². The average Bonchev–Trinajstić information content (AvgIpc) is 3.43. The summed E-state index contributed by atoms with van der Waals surface area (Å²) in [6.07, 6.45) is 84.2. The molecule has 0 heterocycles. The van der Waals surface area contributed by atoms with E-state index in [0.29, 0.717) is 13.2 Å². The van der Waals surface area contributed by atoms with Crippen LogP contribution >= 0.6 is 0 Å². The van der Waals surface area contributed by atoms with Crippen molar-refractivity contribution in [1.82, 2.24) is 0 Å². The molecule has 2 aromatic rings. The summed E-state index contributed by atoms with van der Waals surface area (Å²) in [6, 6.07) is 14.7. The van der Waals surface area contributed by atoms with Gasteiger partial charge in [0.05, 0.1) is 6.61 Å². The number of carbonyl (C=O) groups is 1. The molecule has 2 rings (SSSR count). The fourth-order valence-corrected chi connectivity index (χ4v) is 11.7. The average molecular weight is 1040 g/mol. The Morgan fingerprint density at radius 1 is 0.240 bits per heavy atom. The Morgan fingerprint density at radius 2 is 0.480 bits per heavy atom. The summed E-state index contributed by atoms with van der Waals surface area (Å²) in [4.78, 5) is 10.3. The molecular formula is C72H130O3. The lowest BCUT2D eigenvalue weighted by Gasteiger charge is -2.08. The van der Waals surface area contributed by atoms with Crippen molar-refractivity contribution >= 4 is 17.1 Å². The number of benzene rings is 2. The topological polar surface area (TPSA) is 35.5 Å². The molecule has 75 heavy (non-hydrogen) atoms. The first-order valence-electron chi connectivity index (χ1n) is 34.5. The fraction of sp³-hybridized carbons (Fsp3) is 0.847. The number of aldehydes is 1. The summed E-state index contributed by atoms with van der Waals surface area (Å²) in [7, 11) is 0. The van der Waals surface area contributed by atoms with E-state index in [9.17, 15) is 4.79 Å². The number of hydrogen-bond acceptors (Lipinski definition) is 3. The molecule has 0 aliphatic heterocycles. The smallest absolute Gasteiger partial charge is 0.120 e. The first-order valence-corrected chi connectivity index (χ1v) is 34.5. The van der Waals surface area contributed by atoms with E-state index < -0.39 is 0 Å². The molecule has 0 fully saturated rings. The van der Waals surface area contributed by atoms with Crippen LogP contribution < -0.4 is 4.74 Å². The van der Waals surface area contributed by atoms with Crippen molar-refractivity contribution in [1.29, 1.82) is 0 Å². The zero-order valence-electron chi connectivity index (χ0n) is 50.5. The number of carbonyl (C=O) groups excluding carboxylic acids is 1. The van der Waals surface area contributed by atoms with Gasteiger partial charge in [-0.25, -0.2) is 0 Å². The third kappa shape index (κ3) is 51.3. The van der Waals surface area contributed by atoms with Gasteiger partial charge in [0, 0.05) is 13.0 Å². The van der Waals surface area contributed by atoms with Gasteiger partial charge in [-0.2, -0.15) is 0 Å². The highest BCUT2D eigenvalue weighted by molar-refractivity contribution is 5.83. The van der Waals surface area contributed by atoms with E-state index in [4.69, 9.17) is 9.47 Å². The predicted molar refractivity (Wildman–Crippen MR) is 334 cm³/mol. The van der Waals surface area contributed by atoms with Crippen molar-refractivity contribution in [2.75, 3.05) is 19.8 Å². The van der Waals surface area contributed by atoms with E-state index in [2.05, 4.69) is 42.5 Å². The lowest BCUT2D eigenvalue weighted by Crippen LogP contribution is -2.07. The summed E-state index contributed by atoms with van der Waals surface area (Å²) in [5.41, 5.74) is 0. The third-order valence-corrected chi connectivity index (χ3v) is 16.8. The van der Waals surface area contributed by atoms with Crippen molar-refractivity contribution in [3.8, 4) is 5.75 Å². The third-order valence-electron chi connectivity index (χ3n) is 16.8. The van der Waals surface area contributed by atoms with E-state index in [1.54, 1.807) is 0 Å². The molecule has 0 amide bonds. The lowest BCUT2D eigenvalue weighted by atomic mass is 10.0. The molecular weight excluding hydrogens is 913 g/mol. The monoisotopic (exact) mass is 1040 g/mol. The minimum atomic E-state index is 0.622. The van der Waals surface area contributed by atoms with Crippen LogP contribution in [-0.4, -0.2) is 26.1 Å². The molecule has 3 heteroatoms. The van der Waals surface area contributed by atoms with Gasteiger partial charge in [-0.05, 0) is 35.7 Å². The minimum absolute atomic E-state index is 0.622. The first-order chi connectivity index (χ1) is 37.4. The lowest BCUT2D eigenvalue weighted by molar-refractivity contribution is -0.107. The quantitative estimate of drug-likeness (QED) is 0.0489. The largest absolute Gasteiger partial charge is 0.491 e. The Kier molecular flexibility index (Phi) is 55.2. The van der Waals surface area contributed by atoms with Crippen LogP contribution in [0.5, 0.6) is 5.75 Å². The molecule has 0 aliphatic carbocycles. The fourth-order valence-electron chi connectivity index (χ4n) is 11.7. The molecule has 3 nitrogen and oxygen atoms in total. The highest BCUT2D eigenvalue weighted by atomic mass is 16.5. The zero-order chi connectivity index (χ0) is 52.9. The summed E-state index contributed by atoms with van der Waals surface area (Å²) >= 11 is 0. The molecule has 0 atom stereocenters. The maximum atomic E-state index is 10.3. The summed E-state index contributed by atoms with van der Waals surface area (Å²) in [5.74, 6) is 0.930. The number of rotatable bonds is 64. The number of fused-ring (bicyclic) bond motifs is 1. The van der Waals surface area contributed by atoms with Crippen LogP contribution in [0.3, 0.4) is 0 Å². The SMILES string of the molecule is O=CCCCCCCCCCCCCCCCCCCCCCCCCCCCCCCCCCCCCCCCCCCCCCCCCCCCCCCCCCCCOCCOc1ccc2ccccc2c1. The van der Waals surface area contributed by atoms with Gasteiger partial charge in [0.2, 0.25) is 0 Å².